The van der Waals surface area contributed by atoms with E-state index in [1.807, 2.05) is 0 Å². The summed E-state index contributed by atoms with van der Waals surface area (Å²) in [6.45, 7) is 7.05. The predicted molar refractivity (Wildman–Crippen MR) is 62.6 cm³/mol. The standard InChI is InChI=1S/C12H26N2/c1-4-11(2)14(3)10-8-12-7-5-6-9-13-12/h11-13H,4-10H2,1-3H3. The monoisotopic (exact) mass is 198 g/mol. The van der Waals surface area contributed by atoms with Crippen LogP contribution in [0.4, 0.5) is 0 Å². The summed E-state index contributed by atoms with van der Waals surface area (Å²) in [6, 6.07) is 1.52. The molecule has 0 saturated carbocycles. The first-order valence-electron chi connectivity index (χ1n) is 6.17. The summed E-state index contributed by atoms with van der Waals surface area (Å²) in [5, 5.41) is 3.60. The van der Waals surface area contributed by atoms with Gasteiger partial charge in [-0.2, -0.15) is 0 Å². The molecule has 0 aromatic heterocycles. The van der Waals surface area contributed by atoms with Gasteiger partial charge in [-0.1, -0.05) is 13.3 Å². The van der Waals surface area contributed by atoms with Crippen molar-refractivity contribution in [1.82, 2.24) is 10.2 Å². The maximum Gasteiger partial charge on any atom is 0.00792 e. The van der Waals surface area contributed by atoms with Crippen LogP contribution in [-0.2, 0) is 0 Å². The van der Waals surface area contributed by atoms with E-state index in [2.05, 4.69) is 31.1 Å². The molecule has 1 aliphatic rings. The van der Waals surface area contributed by atoms with Gasteiger partial charge >= 0.3 is 0 Å². The predicted octanol–water partition coefficient (Wildman–Crippen LogP) is 2.25. The highest BCUT2D eigenvalue weighted by atomic mass is 15.1. The summed E-state index contributed by atoms with van der Waals surface area (Å²) in [5.41, 5.74) is 0. The van der Waals surface area contributed by atoms with Crippen LogP contribution in [0.3, 0.4) is 0 Å². The van der Waals surface area contributed by atoms with E-state index in [0.717, 1.165) is 12.1 Å². The molecule has 0 amide bonds. The summed E-state index contributed by atoms with van der Waals surface area (Å²) >= 11 is 0. The Kier molecular flexibility index (Phi) is 5.49. The van der Waals surface area contributed by atoms with Crippen LogP contribution < -0.4 is 5.32 Å². The fourth-order valence-corrected chi connectivity index (χ4v) is 2.06. The minimum atomic E-state index is 0.735. The molecule has 1 aliphatic heterocycles. The van der Waals surface area contributed by atoms with Crippen molar-refractivity contribution in [3.05, 3.63) is 0 Å². The summed E-state index contributed by atoms with van der Waals surface area (Å²) in [5.74, 6) is 0. The minimum Gasteiger partial charge on any atom is -0.314 e. The molecule has 0 bridgehead atoms. The Labute approximate surface area is 89.1 Å². The van der Waals surface area contributed by atoms with Crippen LogP contribution in [-0.4, -0.2) is 37.1 Å². The van der Waals surface area contributed by atoms with Crippen molar-refractivity contribution in [3.63, 3.8) is 0 Å². The molecular weight excluding hydrogens is 172 g/mol. The van der Waals surface area contributed by atoms with Gasteiger partial charge < -0.3 is 10.2 Å². The maximum absolute atomic E-state index is 3.60. The third kappa shape index (κ3) is 3.97. The lowest BCUT2D eigenvalue weighted by molar-refractivity contribution is 0.229. The number of hydrogen-bond acceptors (Lipinski definition) is 2. The third-order valence-corrected chi connectivity index (χ3v) is 3.59. The van der Waals surface area contributed by atoms with Gasteiger partial charge in [0.1, 0.15) is 0 Å². The topological polar surface area (TPSA) is 15.3 Å². The second kappa shape index (κ2) is 6.41. The average Bonchev–Trinajstić information content (AvgIpc) is 2.26. The molecule has 0 aromatic carbocycles. The van der Waals surface area contributed by atoms with Crippen LogP contribution in [0.5, 0.6) is 0 Å². The van der Waals surface area contributed by atoms with Crippen molar-refractivity contribution < 1.29 is 0 Å². The Morgan fingerprint density at radius 3 is 2.79 bits per heavy atom. The van der Waals surface area contributed by atoms with E-state index in [4.69, 9.17) is 0 Å². The Hall–Kier alpha value is -0.0800. The molecule has 84 valence electrons. The van der Waals surface area contributed by atoms with Gasteiger partial charge in [0.15, 0.2) is 0 Å². The number of nitrogens with one attached hydrogen (secondary N) is 1. The van der Waals surface area contributed by atoms with E-state index in [9.17, 15) is 0 Å². The van der Waals surface area contributed by atoms with E-state index in [0.29, 0.717) is 0 Å². The van der Waals surface area contributed by atoms with E-state index in [-0.39, 0.29) is 0 Å². The zero-order valence-corrected chi connectivity index (χ0v) is 10.1. The van der Waals surface area contributed by atoms with Crippen molar-refractivity contribution in [2.45, 2.75) is 58.0 Å². The average molecular weight is 198 g/mol. The summed E-state index contributed by atoms with van der Waals surface area (Å²) < 4.78 is 0. The number of piperidine rings is 1. The molecule has 1 N–H and O–H groups in total. The number of hydrogen-bond donors (Lipinski definition) is 1. The van der Waals surface area contributed by atoms with E-state index < -0.39 is 0 Å². The lowest BCUT2D eigenvalue weighted by atomic mass is 10.0. The zero-order valence-electron chi connectivity index (χ0n) is 10.1. The summed E-state index contributed by atoms with van der Waals surface area (Å²) in [7, 11) is 2.25. The van der Waals surface area contributed by atoms with E-state index in [1.165, 1.54) is 45.2 Å². The van der Waals surface area contributed by atoms with Crippen LogP contribution in [0.1, 0.15) is 46.0 Å². The molecule has 2 nitrogen and oxygen atoms in total. The molecule has 0 spiro atoms. The normalized spacial score (nSPS) is 25.3. The van der Waals surface area contributed by atoms with Crippen molar-refractivity contribution >= 4 is 0 Å². The van der Waals surface area contributed by atoms with Crippen LogP contribution in [0.15, 0.2) is 0 Å². The molecule has 1 fully saturated rings. The second-order valence-electron chi connectivity index (χ2n) is 4.67. The highest BCUT2D eigenvalue weighted by molar-refractivity contribution is 4.74. The Morgan fingerprint density at radius 2 is 2.21 bits per heavy atom. The Bertz CT molecular complexity index is 139. The first kappa shape index (κ1) is 12.0. The van der Waals surface area contributed by atoms with Gasteiger partial charge in [0.05, 0.1) is 0 Å². The first-order chi connectivity index (χ1) is 6.74. The van der Waals surface area contributed by atoms with Gasteiger partial charge in [0, 0.05) is 12.1 Å². The fraction of sp³-hybridized carbons (Fsp3) is 1.00. The van der Waals surface area contributed by atoms with Crippen LogP contribution in [0, 0.1) is 0 Å². The molecule has 1 rings (SSSR count). The quantitative estimate of drug-likeness (QED) is 0.729. The SMILES string of the molecule is CCC(C)N(C)CCC1CCCCN1. The highest BCUT2D eigenvalue weighted by Gasteiger charge is 2.14. The number of rotatable bonds is 5. The Morgan fingerprint density at radius 1 is 1.43 bits per heavy atom. The lowest BCUT2D eigenvalue weighted by Crippen LogP contribution is -2.38. The van der Waals surface area contributed by atoms with E-state index in [1.54, 1.807) is 0 Å². The molecular formula is C12H26N2. The van der Waals surface area contributed by atoms with Crippen molar-refractivity contribution in [1.29, 1.82) is 0 Å². The highest BCUT2D eigenvalue weighted by Crippen LogP contribution is 2.11. The van der Waals surface area contributed by atoms with Crippen molar-refractivity contribution in [2.75, 3.05) is 20.1 Å². The molecule has 0 aromatic rings. The number of nitrogens with zero attached hydrogens (tertiary/aromatic N) is 1. The van der Waals surface area contributed by atoms with Crippen LogP contribution in [0.25, 0.3) is 0 Å². The molecule has 14 heavy (non-hydrogen) atoms. The lowest BCUT2D eigenvalue weighted by Gasteiger charge is -2.28. The van der Waals surface area contributed by atoms with Crippen molar-refractivity contribution in [2.24, 2.45) is 0 Å². The summed E-state index contributed by atoms with van der Waals surface area (Å²) in [4.78, 5) is 2.48. The van der Waals surface area contributed by atoms with Gasteiger partial charge in [-0.3, -0.25) is 0 Å². The molecule has 1 heterocycles. The second-order valence-corrected chi connectivity index (χ2v) is 4.67. The Balaban J connectivity index is 2.12. The molecule has 2 atom stereocenters. The molecule has 1 saturated heterocycles. The van der Waals surface area contributed by atoms with Gasteiger partial charge in [0.2, 0.25) is 0 Å². The van der Waals surface area contributed by atoms with Crippen LogP contribution >= 0.6 is 0 Å². The largest absolute Gasteiger partial charge is 0.314 e. The molecule has 0 aliphatic carbocycles. The van der Waals surface area contributed by atoms with Crippen LogP contribution in [0.2, 0.25) is 0 Å². The van der Waals surface area contributed by atoms with E-state index >= 15 is 0 Å². The van der Waals surface area contributed by atoms with Gasteiger partial charge in [-0.15, -0.1) is 0 Å². The molecule has 2 heteroatoms. The molecule has 2 unspecified atom stereocenters. The van der Waals surface area contributed by atoms with Gasteiger partial charge in [0.25, 0.3) is 0 Å². The van der Waals surface area contributed by atoms with Crippen molar-refractivity contribution in [3.8, 4) is 0 Å². The smallest absolute Gasteiger partial charge is 0.00792 e. The minimum absolute atomic E-state index is 0.735. The first-order valence-corrected chi connectivity index (χ1v) is 6.17. The fourth-order valence-electron chi connectivity index (χ4n) is 2.06. The van der Waals surface area contributed by atoms with Gasteiger partial charge in [-0.25, -0.2) is 0 Å². The maximum atomic E-state index is 3.60. The molecule has 0 radical (unpaired) electrons. The summed E-state index contributed by atoms with van der Waals surface area (Å²) in [6.07, 6.45) is 6.76. The third-order valence-electron chi connectivity index (χ3n) is 3.59. The zero-order chi connectivity index (χ0) is 10.4. The van der Waals surface area contributed by atoms with Gasteiger partial charge in [-0.05, 0) is 52.7 Å².